The molecule has 1 amide bonds. The Morgan fingerprint density at radius 1 is 1.14 bits per heavy atom. The summed E-state index contributed by atoms with van der Waals surface area (Å²) in [6, 6.07) is 12.8. The van der Waals surface area contributed by atoms with Crippen LogP contribution in [0.15, 0.2) is 53.4 Å². The van der Waals surface area contributed by atoms with E-state index in [1.54, 1.807) is 44.2 Å². The smallest absolute Gasteiger partial charge is 0.310 e. The zero-order valence-electron chi connectivity index (χ0n) is 17.0. The summed E-state index contributed by atoms with van der Waals surface area (Å²) in [7, 11) is -2.55. The van der Waals surface area contributed by atoms with Gasteiger partial charge < -0.3 is 9.64 Å². The van der Waals surface area contributed by atoms with Gasteiger partial charge in [-0.05, 0) is 44.2 Å². The van der Waals surface area contributed by atoms with Crippen LogP contribution >= 0.6 is 0 Å². The molecule has 29 heavy (non-hydrogen) atoms. The zero-order chi connectivity index (χ0) is 21.6. The normalized spacial score (nSPS) is 12.1. The van der Waals surface area contributed by atoms with Gasteiger partial charge in [-0.15, -0.1) is 0 Å². The SMILES string of the molecule is CCN(CC(C)C(=O)OC)C(=O)c1cccc(S(=O)(=O)Nc2ccc(C)cc2)c1. The largest absolute Gasteiger partial charge is 0.469 e. The lowest BCUT2D eigenvalue weighted by molar-refractivity contribution is -0.145. The molecule has 0 aliphatic heterocycles. The lowest BCUT2D eigenvalue weighted by atomic mass is 10.1. The summed E-state index contributed by atoms with van der Waals surface area (Å²) >= 11 is 0. The number of carbonyl (C=O) groups is 2. The van der Waals surface area contributed by atoms with Crippen LogP contribution in [0.5, 0.6) is 0 Å². The molecule has 0 radical (unpaired) electrons. The molecule has 0 spiro atoms. The van der Waals surface area contributed by atoms with E-state index >= 15 is 0 Å². The standard InChI is InChI=1S/C21H26N2O5S/c1-5-23(14-16(3)21(25)28-4)20(24)17-7-6-8-19(13-17)29(26,27)22-18-11-9-15(2)10-12-18/h6-13,16,22H,5,14H2,1-4H3. The van der Waals surface area contributed by atoms with Gasteiger partial charge in [-0.3, -0.25) is 14.3 Å². The molecule has 2 aromatic carbocycles. The minimum atomic E-state index is -3.85. The Morgan fingerprint density at radius 3 is 2.38 bits per heavy atom. The minimum absolute atomic E-state index is 0.0130. The molecule has 0 saturated heterocycles. The first-order chi connectivity index (χ1) is 13.7. The summed E-state index contributed by atoms with van der Waals surface area (Å²) in [6.45, 7) is 5.93. The van der Waals surface area contributed by atoms with Crippen LogP contribution in [0.4, 0.5) is 5.69 Å². The zero-order valence-corrected chi connectivity index (χ0v) is 17.8. The molecule has 2 aromatic rings. The molecular formula is C21H26N2O5S. The van der Waals surface area contributed by atoms with Gasteiger partial charge in [0.15, 0.2) is 0 Å². The average molecular weight is 419 g/mol. The number of aryl methyl sites for hydroxylation is 1. The number of nitrogens with one attached hydrogen (secondary N) is 1. The van der Waals surface area contributed by atoms with Crippen molar-refractivity contribution in [1.82, 2.24) is 4.90 Å². The maximum absolute atomic E-state index is 12.9. The van der Waals surface area contributed by atoms with Crippen molar-refractivity contribution in [3.05, 3.63) is 59.7 Å². The predicted octanol–water partition coefficient (Wildman–Crippen LogP) is 3.07. The van der Waals surface area contributed by atoms with Gasteiger partial charge in [0.2, 0.25) is 0 Å². The van der Waals surface area contributed by atoms with Crippen molar-refractivity contribution in [1.29, 1.82) is 0 Å². The van der Waals surface area contributed by atoms with E-state index in [4.69, 9.17) is 4.74 Å². The molecule has 0 fully saturated rings. The molecule has 2 rings (SSSR count). The molecule has 0 aliphatic carbocycles. The van der Waals surface area contributed by atoms with Gasteiger partial charge in [0.25, 0.3) is 15.9 Å². The molecule has 1 N–H and O–H groups in total. The van der Waals surface area contributed by atoms with Crippen molar-refractivity contribution >= 4 is 27.6 Å². The Balaban J connectivity index is 2.23. The Labute approximate surface area is 171 Å². The van der Waals surface area contributed by atoms with E-state index < -0.39 is 21.9 Å². The number of anilines is 1. The number of sulfonamides is 1. The highest BCUT2D eigenvalue weighted by Crippen LogP contribution is 2.19. The quantitative estimate of drug-likeness (QED) is 0.665. The van der Waals surface area contributed by atoms with Crippen LogP contribution in [-0.2, 0) is 19.6 Å². The van der Waals surface area contributed by atoms with Crippen LogP contribution < -0.4 is 4.72 Å². The number of benzene rings is 2. The van der Waals surface area contributed by atoms with Crippen LogP contribution in [0.3, 0.4) is 0 Å². The van der Waals surface area contributed by atoms with Crippen molar-refractivity contribution < 1.29 is 22.7 Å². The highest BCUT2D eigenvalue weighted by molar-refractivity contribution is 7.92. The number of carbonyl (C=O) groups excluding carboxylic acids is 2. The number of rotatable bonds is 8. The van der Waals surface area contributed by atoms with Gasteiger partial charge in [0.1, 0.15) is 0 Å². The van der Waals surface area contributed by atoms with Gasteiger partial charge in [0.05, 0.1) is 17.9 Å². The van der Waals surface area contributed by atoms with Crippen LogP contribution in [-0.4, -0.2) is 45.4 Å². The topological polar surface area (TPSA) is 92.8 Å². The maximum Gasteiger partial charge on any atom is 0.310 e. The molecule has 0 aromatic heterocycles. The van der Waals surface area contributed by atoms with E-state index in [-0.39, 0.29) is 22.9 Å². The van der Waals surface area contributed by atoms with Gasteiger partial charge >= 0.3 is 5.97 Å². The number of hydrogen-bond acceptors (Lipinski definition) is 5. The summed E-state index contributed by atoms with van der Waals surface area (Å²) in [5.41, 5.74) is 1.69. The number of hydrogen-bond donors (Lipinski definition) is 1. The fourth-order valence-electron chi connectivity index (χ4n) is 2.78. The number of ether oxygens (including phenoxy) is 1. The molecule has 0 aliphatic rings. The Hall–Kier alpha value is -2.87. The lowest BCUT2D eigenvalue weighted by Gasteiger charge is -2.23. The van der Waals surface area contributed by atoms with Gasteiger partial charge in [0, 0.05) is 24.3 Å². The molecule has 1 atom stereocenters. The first-order valence-corrected chi connectivity index (χ1v) is 10.7. The van der Waals surface area contributed by atoms with Crippen LogP contribution in [0.2, 0.25) is 0 Å². The molecule has 8 heteroatoms. The second-order valence-corrected chi connectivity index (χ2v) is 8.45. The third kappa shape index (κ3) is 5.80. The van der Waals surface area contributed by atoms with Crippen LogP contribution in [0.25, 0.3) is 0 Å². The summed E-state index contributed by atoms with van der Waals surface area (Å²) in [5, 5.41) is 0. The number of nitrogens with zero attached hydrogens (tertiary/aromatic N) is 1. The van der Waals surface area contributed by atoms with E-state index in [0.29, 0.717) is 12.2 Å². The third-order valence-corrected chi connectivity index (χ3v) is 5.84. The van der Waals surface area contributed by atoms with Crippen molar-refractivity contribution in [3.8, 4) is 0 Å². The summed E-state index contributed by atoms with van der Waals surface area (Å²) in [4.78, 5) is 26.0. The highest BCUT2D eigenvalue weighted by atomic mass is 32.2. The Bertz CT molecular complexity index is 971. The average Bonchev–Trinajstić information content (AvgIpc) is 2.72. The maximum atomic E-state index is 12.9. The summed E-state index contributed by atoms with van der Waals surface area (Å²) in [6.07, 6.45) is 0. The molecule has 1 unspecified atom stereocenters. The van der Waals surface area contributed by atoms with Crippen LogP contribution in [0, 0.1) is 12.8 Å². The van der Waals surface area contributed by atoms with Crippen molar-refractivity contribution in [2.24, 2.45) is 5.92 Å². The van der Waals surface area contributed by atoms with Gasteiger partial charge in [-0.2, -0.15) is 0 Å². The van der Waals surface area contributed by atoms with E-state index in [0.717, 1.165) is 5.56 Å². The second-order valence-electron chi connectivity index (χ2n) is 6.77. The number of esters is 1. The lowest BCUT2D eigenvalue weighted by Crippen LogP contribution is -2.37. The summed E-state index contributed by atoms with van der Waals surface area (Å²) < 4.78 is 32.6. The van der Waals surface area contributed by atoms with Crippen molar-refractivity contribution in [2.75, 3.05) is 24.9 Å². The fourth-order valence-corrected chi connectivity index (χ4v) is 3.88. The predicted molar refractivity (Wildman–Crippen MR) is 111 cm³/mol. The van der Waals surface area contributed by atoms with Gasteiger partial charge in [-0.25, -0.2) is 8.42 Å². The Kier molecular flexibility index (Phi) is 7.39. The Morgan fingerprint density at radius 2 is 1.79 bits per heavy atom. The first kappa shape index (κ1) is 22.4. The molecule has 7 nitrogen and oxygen atoms in total. The molecule has 0 bridgehead atoms. The highest BCUT2D eigenvalue weighted by Gasteiger charge is 2.23. The number of amides is 1. The summed E-state index contributed by atoms with van der Waals surface area (Å²) in [5.74, 6) is -1.25. The van der Waals surface area contributed by atoms with E-state index in [1.807, 2.05) is 6.92 Å². The van der Waals surface area contributed by atoms with Crippen molar-refractivity contribution in [2.45, 2.75) is 25.7 Å². The molecule has 0 saturated carbocycles. The third-order valence-electron chi connectivity index (χ3n) is 4.46. The van der Waals surface area contributed by atoms with E-state index in [9.17, 15) is 18.0 Å². The van der Waals surface area contributed by atoms with E-state index in [1.165, 1.54) is 30.2 Å². The van der Waals surface area contributed by atoms with E-state index in [2.05, 4.69) is 4.72 Å². The fraction of sp³-hybridized carbons (Fsp3) is 0.333. The second kappa shape index (κ2) is 9.56. The number of methoxy groups -OCH3 is 1. The molecule has 156 valence electrons. The monoisotopic (exact) mass is 418 g/mol. The molecular weight excluding hydrogens is 392 g/mol. The van der Waals surface area contributed by atoms with Gasteiger partial charge in [-0.1, -0.05) is 30.7 Å². The molecule has 0 heterocycles. The van der Waals surface area contributed by atoms with Crippen LogP contribution in [0.1, 0.15) is 29.8 Å². The first-order valence-electron chi connectivity index (χ1n) is 9.24. The minimum Gasteiger partial charge on any atom is -0.469 e. The van der Waals surface area contributed by atoms with Crippen molar-refractivity contribution in [3.63, 3.8) is 0 Å².